The van der Waals surface area contributed by atoms with E-state index < -0.39 is 5.97 Å². The van der Waals surface area contributed by atoms with Crippen molar-refractivity contribution in [2.75, 3.05) is 13.2 Å². The SMILES string of the molecule is NCC(=O)OCC(S)S. The molecule has 0 rings (SSSR count). The van der Waals surface area contributed by atoms with Gasteiger partial charge >= 0.3 is 5.97 Å². The van der Waals surface area contributed by atoms with Gasteiger partial charge in [-0.3, -0.25) is 4.79 Å². The maximum atomic E-state index is 10.3. The van der Waals surface area contributed by atoms with Crippen molar-refractivity contribution in [3.8, 4) is 0 Å². The van der Waals surface area contributed by atoms with E-state index in [-0.39, 0.29) is 17.7 Å². The van der Waals surface area contributed by atoms with E-state index in [2.05, 4.69) is 30.0 Å². The number of hydrogen-bond acceptors (Lipinski definition) is 5. The first kappa shape index (κ1) is 9.13. The molecule has 2 N–H and O–H groups in total. The third kappa shape index (κ3) is 6.01. The summed E-state index contributed by atoms with van der Waals surface area (Å²) in [6.07, 6.45) is 0. The maximum absolute atomic E-state index is 10.3. The van der Waals surface area contributed by atoms with E-state index in [9.17, 15) is 4.79 Å². The molecule has 0 aliphatic heterocycles. The summed E-state index contributed by atoms with van der Waals surface area (Å²) in [7, 11) is 0. The summed E-state index contributed by atoms with van der Waals surface area (Å²) < 4.78 is 4.31. The molecule has 0 fully saturated rings. The second-order valence-corrected chi connectivity index (χ2v) is 3.02. The number of rotatable bonds is 3. The summed E-state index contributed by atoms with van der Waals surface area (Å²) in [5.41, 5.74) is 4.93. The van der Waals surface area contributed by atoms with E-state index in [4.69, 9.17) is 5.73 Å². The highest BCUT2D eigenvalue weighted by Crippen LogP contribution is 1.98. The lowest BCUT2D eigenvalue weighted by molar-refractivity contribution is -0.141. The van der Waals surface area contributed by atoms with Crippen molar-refractivity contribution < 1.29 is 9.53 Å². The molecule has 0 bridgehead atoms. The van der Waals surface area contributed by atoms with E-state index in [0.29, 0.717) is 0 Å². The summed E-state index contributed by atoms with van der Waals surface area (Å²) in [5.74, 6) is -0.428. The van der Waals surface area contributed by atoms with E-state index in [0.717, 1.165) is 0 Å². The van der Waals surface area contributed by atoms with Crippen LogP contribution in [0.1, 0.15) is 0 Å². The summed E-state index contributed by atoms with van der Waals surface area (Å²) in [4.78, 5) is 10.3. The Bertz CT molecular complexity index is 96.6. The third-order valence-corrected chi connectivity index (χ3v) is 0.858. The van der Waals surface area contributed by atoms with Gasteiger partial charge in [0, 0.05) is 0 Å². The van der Waals surface area contributed by atoms with E-state index in [1.807, 2.05) is 0 Å². The van der Waals surface area contributed by atoms with Crippen LogP contribution in [0.15, 0.2) is 0 Å². The third-order valence-electron chi connectivity index (χ3n) is 0.560. The lowest BCUT2D eigenvalue weighted by Crippen LogP contribution is -2.19. The average Bonchev–Trinajstić information content (AvgIpc) is 1.83. The van der Waals surface area contributed by atoms with Gasteiger partial charge in [-0.25, -0.2) is 0 Å². The number of carbonyl (C=O) groups is 1. The Balaban J connectivity index is 3.17. The Hall–Kier alpha value is 0.130. The van der Waals surface area contributed by atoms with Gasteiger partial charge in [-0.1, -0.05) is 0 Å². The molecule has 0 aliphatic rings. The molecular formula is C4H9NO2S2. The van der Waals surface area contributed by atoms with Crippen LogP contribution in [0.5, 0.6) is 0 Å². The fourth-order valence-electron chi connectivity index (χ4n) is 0.226. The van der Waals surface area contributed by atoms with Gasteiger partial charge in [0.2, 0.25) is 0 Å². The van der Waals surface area contributed by atoms with Crippen molar-refractivity contribution >= 4 is 31.2 Å². The zero-order valence-electron chi connectivity index (χ0n) is 4.78. The predicted molar refractivity (Wildman–Crippen MR) is 41.8 cm³/mol. The van der Waals surface area contributed by atoms with E-state index >= 15 is 0 Å². The van der Waals surface area contributed by atoms with Crippen LogP contribution in [0.2, 0.25) is 0 Å². The Kier molecular flexibility index (Phi) is 5.03. The van der Waals surface area contributed by atoms with Crippen LogP contribution in [-0.2, 0) is 9.53 Å². The summed E-state index contributed by atoms with van der Waals surface area (Å²) in [5, 5.41) is 0. The zero-order chi connectivity index (χ0) is 7.28. The first-order valence-electron chi connectivity index (χ1n) is 2.38. The average molecular weight is 167 g/mol. The molecule has 0 saturated carbocycles. The molecule has 0 aromatic heterocycles. The molecule has 3 nitrogen and oxygen atoms in total. The first-order valence-corrected chi connectivity index (χ1v) is 3.42. The van der Waals surface area contributed by atoms with Gasteiger partial charge in [0.05, 0.1) is 11.1 Å². The van der Waals surface area contributed by atoms with E-state index in [1.54, 1.807) is 0 Å². The lowest BCUT2D eigenvalue weighted by Gasteiger charge is -2.03. The highest BCUT2D eigenvalue weighted by Gasteiger charge is 2.00. The van der Waals surface area contributed by atoms with Crippen LogP contribution in [0.4, 0.5) is 0 Å². The van der Waals surface area contributed by atoms with Crippen molar-refractivity contribution in [2.24, 2.45) is 5.73 Å². The largest absolute Gasteiger partial charge is 0.463 e. The summed E-state index contributed by atoms with van der Waals surface area (Å²) >= 11 is 7.72. The van der Waals surface area contributed by atoms with E-state index in [1.165, 1.54) is 0 Å². The molecular weight excluding hydrogens is 158 g/mol. The predicted octanol–water partition coefficient (Wildman–Crippen LogP) is -0.326. The molecule has 0 heterocycles. The van der Waals surface area contributed by atoms with Gasteiger partial charge in [-0.15, -0.1) is 0 Å². The molecule has 0 aliphatic carbocycles. The Morgan fingerprint density at radius 1 is 1.67 bits per heavy atom. The Morgan fingerprint density at radius 2 is 2.22 bits per heavy atom. The minimum atomic E-state index is -0.428. The molecule has 5 heteroatoms. The normalized spacial score (nSPS) is 9.78. The van der Waals surface area contributed by atoms with Crippen LogP contribution in [0.25, 0.3) is 0 Å². The number of hydrogen-bond donors (Lipinski definition) is 3. The van der Waals surface area contributed by atoms with Crippen LogP contribution >= 0.6 is 25.3 Å². The van der Waals surface area contributed by atoms with Crippen molar-refractivity contribution in [3.63, 3.8) is 0 Å². The van der Waals surface area contributed by atoms with Crippen LogP contribution in [-0.4, -0.2) is 23.7 Å². The number of carbonyl (C=O) groups excluding carboxylic acids is 1. The first-order chi connectivity index (χ1) is 4.16. The lowest BCUT2D eigenvalue weighted by atomic mass is 10.7. The van der Waals surface area contributed by atoms with Crippen LogP contribution in [0.3, 0.4) is 0 Å². The van der Waals surface area contributed by atoms with Crippen molar-refractivity contribution in [1.82, 2.24) is 0 Å². The number of ether oxygens (including phenoxy) is 1. The number of esters is 1. The molecule has 0 spiro atoms. The van der Waals surface area contributed by atoms with Gasteiger partial charge in [-0.2, -0.15) is 25.3 Å². The monoisotopic (exact) mass is 167 g/mol. The fourth-order valence-corrected chi connectivity index (χ4v) is 0.375. The quantitative estimate of drug-likeness (QED) is 0.306. The maximum Gasteiger partial charge on any atom is 0.319 e. The molecule has 0 saturated heterocycles. The highest BCUT2D eigenvalue weighted by molar-refractivity contribution is 7.99. The Labute approximate surface area is 64.8 Å². The second-order valence-electron chi connectivity index (χ2n) is 1.37. The van der Waals surface area contributed by atoms with Crippen LogP contribution < -0.4 is 5.73 Å². The second kappa shape index (κ2) is 4.96. The smallest absolute Gasteiger partial charge is 0.319 e. The van der Waals surface area contributed by atoms with Crippen molar-refractivity contribution in [2.45, 2.75) is 4.58 Å². The molecule has 0 aromatic rings. The van der Waals surface area contributed by atoms with Crippen molar-refractivity contribution in [3.05, 3.63) is 0 Å². The molecule has 9 heavy (non-hydrogen) atoms. The molecule has 0 aromatic carbocycles. The number of thiol groups is 2. The summed E-state index contributed by atoms with van der Waals surface area (Å²) in [6, 6.07) is 0. The Morgan fingerprint density at radius 3 is 2.56 bits per heavy atom. The standard InChI is InChI=1S/C4H9NO2S2/c5-1-3(6)7-2-4(8)9/h4,8-9H,1-2,5H2. The van der Waals surface area contributed by atoms with Gasteiger partial charge in [-0.05, 0) is 0 Å². The fraction of sp³-hybridized carbons (Fsp3) is 0.750. The summed E-state index contributed by atoms with van der Waals surface area (Å²) in [6.45, 7) is 0.108. The van der Waals surface area contributed by atoms with Crippen molar-refractivity contribution in [1.29, 1.82) is 0 Å². The minimum Gasteiger partial charge on any atom is -0.463 e. The van der Waals surface area contributed by atoms with Gasteiger partial charge in [0.1, 0.15) is 6.61 Å². The molecule has 0 amide bonds. The molecule has 0 atom stereocenters. The van der Waals surface area contributed by atoms with Gasteiger partial charge in [0.25, 0.3) is 0 Å². The zero-order valence-corrected chi connectivity index (χ0v) is 6.57. The topological polar surface area (TPSA) is 52.3 Å². The molecule has 0 radical (unpaired) electrons. The van der Waals surface area contributed by atoms with Gasteiger partial charge in [0.15, 0.2) is 0 Å². The van der Waals surface area contributed by atoms with Crippen LogP contribution in [0, 0.1) is 0 Å². The van der Waals surface area contributed by atoms with Gasteiger partial charge < -0.3 is 10.5 Å². The highest BCUT2D eigenvalue weighted by atomic mass is 32.2. The minimum absolute atomic E-state index is 0.0890. The molecule has 54 valence electrons. The number of nitrogens with two attached hydrogens (primary N) is 1. The molecule has 0 unspecified atom stereocenters.